The van der Waals surface area contributed by atoms with E-state index in [0.29, 0.717) is 17.0 Å². The number of benzene rings is 2. The largest absolute Gasteiger partial charge is 0.491 e. The number of nitrogens with one attached hydrogen (secondary N) is 1. The lowest BCUT2D eigenvalue weighted by Crippen LogP contribution is -2.34. The summed E-state index contributed by atoms with van der Waals surface area (Å²) in [6.07, 6.45) is 0.156. The summed E-state index contributed by atoms with van der Waals surface area (Å²) in [5, 5.41) is 2.77. The fourth-order valence-corrected chi connectivity index (χ4v) is 3.37. The molecule has 146 valence electrons. The van der Waals surface area contributed by atoms with Crippen LogP contribution in [0.5, 0.6) is 5.75 Å². The molecule has 0 saturated carbocycles. The van der Waals surface area contributed by atoms with Gasteiger partial charge in [-0.1, -0.05) is 48.5 Å². The van der Waals surface area contributed by atoms with Crippen molar-refractivity contribution in [3.05, 3.63) is 77.0 Å². The normalized spacial score (nSPS) is 16.7. The molecule has 5 nitrogen and oxygen atoms in total. The first kappa shape index (κ1) is 19.7. The van der Waals surface area contributed by atoms with Crippen molar-refractivity contribution in [1.82, 2.24) is 5.32 Å². The van der Waals surface area contributed by atoms with Gasteiger partial charge in [0.2, 0.25) is 5.91 Å². The van der Waals surface area contributed by atoms with Gasteiger partial charge in [-0.15, -0.1) is 0 Å². The number of hydrogen-bond acceptors (Lipinski definition) is 4. The van der Waals surface area contributed by atoms with E-state index in [0.717, 1.165) is 11.1 Å². The van der Waals surface area contributed by atoms with Crippen LogP contribution in [-0.4, -0.2) is 18.0 Å². The van der Waals surface area contributed by atoms with E-state index in [1.807, 2.05) is 68.4 Å². The van der Waals surface area contributed by atoms with E-state index in [-0.39, 0.29) is 25.0 Å². The summed E-state index contributed by atoms with van der Waals surface area (Å²) in [6.45, 7) is 5.80. The molecule has 5 heteroatoms. The van der Waals surface area contributed by atoms with Gasteiger partial charge in [-0.3, -0.25) is 4.79 Å². The minimum Gasteiger partial charge on any atom is -0.491 e. The summed E-state index contributed by atoms with van der Waals surface area (Å²) >= 11 is 0. The maximum Gasteiger partial charge on any atom is 0.336 e. The maximum absolute atomic E-state index is 12.9. The molecule has 1 amide bonds. The van der Waals surface area contributed by atoms with Gasteiger partial charge in [-0.25, -0.2) is 4.79 Å². The third-order valence-corrected chi connectivity index (χ3v) is 4.56. The third kappa shape index (κ3) is 4.60. The van der Waals surface area contributed by atoms with Crippen LogP contribution >= 0.6 is 0 Å². The molecule has 1 atom stereocenters. The number of para-hydroxylation sites is 1. The van der Waals surface area contributed by atoms with Gasteiger partial charge < -0.3 is 14.8 Å². The quantitative estimate of drug-likeness (QED) is 0.768. The number of amides is 1. The van der Waals surface area contributed by atoms with Crippen molar-refractivity contribution < 1.29 is 19.1 Å². The number of rotatable bonds is 6. The predicted octanol–water partition coefficient (Wildman–Crippen LogP) is 4.09. The van der Waals surface area contributed by atoms with Crippen LogP contribution in [0.25, 0.3) is 0 Å². The Bertz CT molecular complexity index is 886. The smallest absolute Gasteiger partial charge is 0.336 e. The molecule has 3 rings (SSSR count). The second-order valence-electron chi connectivity index (χ2n) is 7.11. The second kappa shape index (κ2) is 8.74. The zero-order chi connectivity index (χ0) is 20.1. The molecule has 0 fully saturated rings. The molecule has 1 aliphatic heterocycles. The zero-order valence-electron chi connectivity index (χ0n) is 16.4. The molecule has 0 aromatic heterocycles. The van der Waals surface area contributed by atoms with Crippen LogP contribution in [-0.2, 0) is 20.9 Å². The van der Waals surface area contributed by atoms with Gasteiger partial charge in [0, 0.05) is 23.6 Å². The summed E-state index contributed by atoms with van der Waals surface area (Å²) in [5.74, 6) is -0.280. The van der Waals surface area contributed by atoms with Crippen molar-refractivity contribution in [2.24, 2.45) is 0 Å². The summed E-state index contributed by atoms with van der Waals surface area (Å²) in [5.41, 5.74) is 2.72. The van der Waals surface area contributed by atoms with Crippen molar-refractivity contribution >= 4 is 11.9 Å². The molecular weight excluding hydrogens is 354 g/mol. The van der Waals surface area contributed by atoms with Crippen LogP contribution in [0.3, 0.4) is 0 Å². The maximum atomic E-state index is 12.9. The van der Waals surface area contributed by atoms with Gasteiger partial charge in [-0.05, 0) is 32.4 Å². The highest BCUT2D eigenvalue weighted by atomic mass is 16.5. The number of ether oxygens (including phenoxy) is 2. The summed E-state index contributed by atoms with van der Waals surface area (Å²) < 4.78 is 11.5. The molecule has 0 unspecified atom stereocenters. The van der Waals surface area contributed by atoms with E-state index in [1.165, 1.54) is 0 Å². The van der Waals surface area contributed by atoms with Gasteiger partial charge in [0.05, 0.1) is 11.7 Å². The van der Waals surface area contributed by atoms with Crippen molar-refractivity contribution in [2.45, 2.75) is 45.8 Å². The monoisotopic (exact) mass is 379 g/mol. The Morgan fingerprint density at radius 2 is 1.79 bits per heavy atom. The summed E-state index contributed by atoms with van der Waals surface area (Å²) in [7, 11) is 0. The molecule has 0 spiro atoms. The Morgan fingerprint density at radius 3 is 2.50 bits per heavy atom. The number of allylic oxidation sites excluding steroid dienone is 1. The molecule has 1 aliphatic rings. The molecule has 0 bridgehead atoms. The molecule has 2 aromatic rings. The molecule has 1 heterocycles. The molecule has 2 aromatic carbocycles. The molecule has 1 N–H and O–H groups in total. The van der Waals surface area contributed by atoms with E-state index < -0.39 is 11.9 Å². The number of esters is 1. The minimum atomic E-state index is -0.425. The Labute approximate surface area is 165 Å². The highest BCUT2D eigenvalue weighted by Gasteiger charge is 2.34. The average Bonchev–Trinajstić information content (AvgIpc) is 2.66. The highest BCUT2D eigenvalue weighted by molar-refractivity contribution is 5.96. The fourth-order valence-electron chi connectivity index (χ4n) is 3.37. The Hall–Kier alpha value is -3.08. The van der Waals surface area contributed by atoms with Crippen molar-refractivity contribution in [3.63, 3.8) is 0 Å². The van der Waals surface area contributed by atoms with Gasteiger partial charge in [0.25, 0.3) is 0 Å². The first-order valence-corrected chi connectivity index (χ1v) is 9.43. The highest BCUT2D eigenvalue weighted by Crippen LogP contribution is 2.38. The Kier molecular flexibility index (Phi) is 6.14. The van der Waals surface area contributed by atoms with E-state index in [2.05, 4.69) is 5.32 Å². The second-order valence-corrected chi connectivity index (χ2v) is 7.11. The topological polar surface area (TPSA) is 64.6 Å². The van der Waals surface area contributed by atoms with Gasteiger partial charge in [0.15, 0.2) is 0 Å². The lowest BCUT2D eigenvalue weighted by atomic mass is 9.84. The molecule has 28 heavy (non-hydrogen) atoms. The first-order valence-electron chi connectivity index (χ1n) is 9.43. The fraction of sp³-hybridized carbons (Fsp3) is 0.304. The molecule has 0 saturated heterocycles. The van der Waals surface area contributed by atoms with Crippen LogP contribution in [0, 0.1) is 0 Å². The van der Waals surface area contributed by atoms with Crippen LogP contribution in [0.15, 0.2) is 65.9 Å². The summed E-state index contributed by atoms with van der Waals surface area (Å²) in [6, 6.07) is 17.1. The number of carbonyl (C=O) groups excluding carboxylic acids is 2. The van der Waals surface area contributed by atoms with Gasteiger partial charge >= 0.3 is 5.97 Å². The minimum absolute atomic E-state index is 0.0166. The standard InChI is InChI=1S/C23H25NO4/c1-15(2)28-20-12-8-7-11-18(20)19-13-21(25)24-16(3)22(19)23(26)27-14-17-9-5-4-6-10-17/h4-12,15,19H,13-14H2,1-3H3,(H,24,25)/t19-/m1/s1. The van der Waals surface area contributed by atoms with Gasteiger partial charge in [-0.2, -0.15) is 0 Å². The molecule has 0 radical (unpaired) electrons. The lowest BCUT2D eigenvalue weighted by Gasteiger charge is -2.28. The number of hydrogen-bond donors (Lipinski definition) is 1. The molecule has 0 aliphatic carbocycles. The van der Waals surface area contributed by atoms with E-state index >= 15 is 0 Å². The van der Waals surface area contributed by atoms with Crippen LogP contribution < -0.4 is 10.1 Å². The van der Waals surface area contributed by atoms with Crippen LogP contribution in [0.1, 0.15) is 44.2 Å². The SMILES string of the molecule is CC1=C(C(=O)OCc2ccccc2)[C@@H](c2ccccc2OC(C)C)CC(=O)N1. The predicted molar refractivity (Wildman–Crippen MR) is 107 cm³/mol. The van der Waals surface area contributed by atoms with Crippen molar-refractivity contribution in [3.8, 4) is 5.75 Å². The lowest BCUT2D eigenvalue weighted by molar-refractivity contribution is -0.141. The summed E-state index contributed by atoms with van der Waals surface area (Å²) in [4.78, 5) is 25.1. The van der Waals surface area contributed by atoms with Crippen molar-refractivity contribution in [1.29, 1.82) is 0 Å². The van der Waals surface area contributed by atoms with Crippen LogP contribution in [0.4, 0.5) is 0 Å². The Morgan fingerprint density at radius 1 is 1.11 bits per heavy atom. The van der Waals surface area contributed by atoms with E-state index in [1.54, 1.807) is 6.92 Å². The molecular formula is C23H25NO4. The Balaban J connectivity index is 1.90. The van der Waals surface area contributed by atoms with E-state index in [4.69, 9.17) is 9.47 Å². The van der Waals surface area contributed by atoms with Gasteiger partial charge in [0.1, 0.15) is 12.4 Å². The van der Waals surface area contributed by atoms with E-state index in [9.17, 15) is 9.59 Å². The third-order valence-electron chi connectivity index (χ3n) is 4.56. The van der Waals surface area contributed by atoms with Crippen LogP contribution in [0.2, 0.25) is 0 Å². The zero-order valence-corrected chi connectivity index (χ0v) is 16.4. The average molecular weight is 379 g/mol. The first-order chi connectivity index (χ1) is 13.5. The van der Waals surface area contributed by atoms with Crippen molar-refractivity contribution in [2.75, 3.05) is 0 Å². The number of carbonyl (C=O) groups is 2.